The molecule has 6 nitrogen and oxygen atoms in total. The van der Waals surface area contributed by atoms with Crippen molar-refractivity contribution >= 4 is 17.8 Å². The van der Waals surface area contributed by atoms with E-state index >= 15 is 0 Å². The third-order valence-electron chi connectivity index (χ3n) is 5.06. The summed E-state index contributed by atoms with van der Waals surface area (Å²) in [6.07, 6.45) is 6.60. The van der Waals surface area contributed by atoms with Crippen molar-refractivity contribution < 1.29 is 19.1 Å². The minimum atomic E-state index is -0.594. The molecule has 1 fully saturated rings. The molecule has 25 heavy (non-hydrogen) atoms. The molecule has 0 aromatic heterocycles. The smallest absolute Gasteiger partial charge is 0.338 e. The van der Waals surface area contributed by atoms with Crippen LogP contribution in [0.15, 0.2) is 18.2 Å². The van der Waals surface area contributed by atoms with E-state index in [1.807, 2.05) is 12.1 Å². The van der Waals surface area contributed by atoms with Gasteiger partial charge in [0.15, 0.2) is 6.61 Å². The molecule has 1 saturated heterocycles. The Morgan fingerprint density at radius 2 is 1.84 bits per heavy atom. The first-order valence-corrected chi connectivity index (χ1v) is 8.94. The van der Waals surface area contributed by atoms with E-state index in [4.69, 9.17) is 10.5 Å². The van der Waals surface area contributed by atoms with Gasteiger partial charge < -0.3 is 15.4 Å². The third-order valence-corrected chi connectivity index (χ3v) is 5.06. The van der Waals surface area contributed by atoms with Crippen molar-refractivity contribution in [2.24, 2.45) is 5.73 Å². The Morgan fingerprint density at radius 3 is 2.60 bits per heavy atom. The monoisotopic (exact) mass is 344 g/mol. The van der Waals surface area contributed by atoms with Crippen LogP contribution in [-0.4, -0.2) is 41.9 Å². The zero-order chi connectivity index (χ0) is 17.8. The van der Waals surface area contributed by atoms with Crippen molar-refractivity contribution in [2.75, 3.05) is 13.2 Å². The summed E-state index contributed by atoms with van der Waals surface area (Å²) in [4.78, 5) is 37.5. The van der Waals surface area contributed by atoms with Gasteiger partial charge in [0, 0.05) is 6.54 Å². The highest BCUT2D eigenvalue weighted by Crippen LogP contribution is 2.22. The lowest BCUT2D eigenvalue weighted by Crippen LogP contribution is -2.51. The molecule has 3 rings (SSSR count). The van der Waals surface area contributed by atoms with Gasteiger partial charge in [-0.1, -0.05) is 6.07 Å². The van der Waals surface area contributed by atoms with Crippen LogP contribution in [0.3, 0.4) is 0 Å². The van der Waals surface area contributed by atoms with Gasteiger partial charge in [0.1, 0.15) is 6.04 Å². The Hall–Kier alpha value is -2.37. The van der Waals surface area contributed by atoms with Crippen molar-refractivity contribution in [1.29, 1.82) is 0 Å². The van der Waals surface area contributed by atoms with Crippen LogP contribution in [0.4, 0.5) is 0 Å². The summed E-state index contributed by atoms with van der Waals surface area (Å²) in [7, 11) is 0. The van der Waals surface area contributed by atoms with E-state index in [1.165, 1.54) is 22.4 Å². The van der Waals surface area contributed by atoms with Crippen molar-refractivity contribution in [3.63, 3.8) is 0 Å². The molecule has 0 radical (unpaired) electrons. The summed E-state index contributed by atoms with van der Waals surface area (Å²) in [6, 6.07) is 5.00. The quantitative estimate of drug-likeness (QED) is 0.840. The number of rotatable bonds is 4. The van der Waals surface area contributed by atoms with E-state index in [9.17, 15) is 14.4 Å². The number of nitrogens with two attached hydrogens (primary N) is 1. The maximum absolute atomic E-state index is 12.3. The number of carbonyl (C=O) groups is 3. The number of nitrogens with zero attached hydrogens (tertiary/aromatic N) is 1. The number of likely N-dealkylation sites (tertiary alicyclic amines) is 1. The van der Waals surface area contributed by atoms with Crippen LogP contribution >= 0.6 is 0 Å². The molecular weight excluding hydrogens is 320 g/mol. The summed E-state index contributed by atoms with van der Waals surface area (Å²) >= 11 is 0. The number of hydrogen-bond donors (Lipinski definition) is 1. The van der Waals surface area contributed by atoms with E-state index in [1.54, 1.807) is 6.07 Å². The first kappa shape index (κ1) is 17.5. The van der Waals surface area contributed by atoms with Gasteiger partial charge >= 0.3 is 5.97 Å². The topological polar surface area (TPSA) is 89.7 Å². The molecule has 6 heteroatoms. The zero-order valence-electron chi connectivity index (χ0n) is 14.3. The Labute approximate surface area is 147 Å². The number of carbonyl (C=O) groups excluding carboxylic acids is 3. The Kier molecular flexibility index (Phi) is 5.36. The lowest BCUT2D eigenvalue weighted by molar-refractivity contribution is -0.143. The fraction of sp³-hybridized carbons (Fsp3) is 0.526. The van der Waals surface area contributed by atoms with E-state index in [0.29, 0.717) is 18.5 Å². The molecule has 1 aliphatic heterocycles. The molecule has 0 bridgehead atoms. The number of aryl methyl sites for hydroxylation is 2. The first-order chi connectivity index (χ1) is 12.1. The van der Waals surface area contributed by atoms with Crippen molar-refractivity contribution in [2.45, 2.75) is 51.0 Å². The average Bonchev–Trinajstić information content (AvgIpc) is 2.65. The van der Waals surface area contributed by atoms with Crippen molar-refractivity contribution in [3.8, 4) is 0 Å². The minimum absolute atomic E-state index is 0.361. The van der Waals surface area contributed by atoms with Crippen LogP contribution in [0.1, 0.15) is 53.6 Å². The van der Waals surface area contributed by atoms with Crippen LogP contribution < -0.4 is 5.73 Å². The van der Waals surface area contributed by atoms with Gasteiger partial charge in [0.05, 0.1) is 5.56 Å². The van der Waals surface area contributed by atoms with Crippen molar-refractivity contribution in [1.82, 2.24) is 4.90 Å². The summed E-state index contributed by atoms with van der Waals surface area (Å²) in [5.41, 5.74) is 8.32. The van der Waals surface area contributed by atoms with Gasteiger partial charge in [-0.15, -0.1) is 0 Å². The molecule has 0 unspecified atom stereocenters. The average molecular weight is 344 g/mol. The Bertz CT molecular complexity index is 686. The molecule has 1 aliphatic carbocycles. The second kappa shape index (κ2) is 7.68. The Balaban J connectivity index is 1.60. The van der Waals surface area contributed by atoms with Crippen LogP contribution in [0.2, 0.25) is 0 Å². The number of primary amides is 1. The van der Waals surface area contributed by atoms with Crippen LogP contribution in [0, 0.1) is 0 Å². The third kappa shape index (κ3) is 4.00. The number of esters is 1. The lowest BCUT2D eigenvalue weighted by atomic mass is 9.90. The standard InChI is InChI=1S/C19H24N2O4/c20-18(23)16-7-3-4-10-21(16)17(22)12-25-19(24)15-9-8-13-5-1-2-6-14(13)11-15/h8-9,11,16H,1-7,10,12H2,(H2,20,23)/t16-/m1/s1. The van der Waals surface area contributed by atoms with Crippen LogP contribution in [0.25, 0.3) is 0 Å². The van der Waals surface area contributed by atoms with Gasteiger partial charge in [-0.3, -0.25) is 9.59 Å². The van der Waals surface area contributed by atoms with E-state index < -0.39 is 17.9 Å². The summed E-state index contributed by atoms with van der Waals surface area (Å²) < 4.78 is 5.18. The molecule has 134 valence electrons. The van der Waals surface area contributed by atoms with Crippen LogP contribution in [0.5, 0.6) is 0 Å². The lowest BCUT2D eigenvalue weighted by Gasteiger charge is -2.33. The molecule has 2 amide bonds. The van der Waals surface area contributed by atoms with Gasteiger partial charge in [-0.25, -0.2) is 4.79 Å². The van der Waals surface area contributed by atoms with E-state index in [0.717, 1.165) is 32.1 Å². The SMILES string of the molecule is NC(=O)[C@H]1CCCCN1C(=O)COC(=O)c1ccc2c(c1)CCCC2. The maximum Gasteiger partial charge on any atom is 0.338 e. The molecule has 2 N–H and O–H groups in total. The van der Waals surface area contributed by atoms with Gasteiger partial charge in [-0.05, 0) is 68.2 Å². The van der Waals surface area contributed by atoms with Crippen LogP contribution in [-0.2, 0) is 27.2 Å². The normalized spacial score (nSPS) is 19.8. The number of benzene rings is 1. The number of piperidine rings is 1. The fourth-order valence-electron chi connectivity index (χ4n) is 3.68. The van der Waals surface area contributed by atoms with E-state index in [-0.39, 0.29) is 12.5 Å². The molecular formula is C19H24N2O4. The minimum Gasteiger partial charge on any atom is -0.452 e. The highest BCUT2D eigenvalue weighted by molar-refractivity contribution is 5.92. The van der Waals surface area contributed by atoms with E-state index in [2.05, 4.69) is 0 Å². The largest absolute Gasteiger partial charge is 0.452 e. The number of fused-ring (bicyclic) bond motifs is 1. The molecule has 2 aliphatic rings. The molecule has 1 heterocycles. The number of amides is 2. The summed E-state index contributed by atoms with van der Waals surface area (Å²) in [5.74, 6) is -1.38. The molecule has 1 atom stereocenters. The molecule has 0 saturated carbocycles. The maximum atomic E-state index is 12.3. The second-order valence-electron chi connectivity index (χ2n) is 6.77. The van der Waals surface area contributed by atoms with Gasteiger partial charge in [0.25, 0.3) is 5.91 Å². The predicted octanol–water partition coefficient (Wildman–Crippen LogP) is 1.59. The highest BCUT2D eigenvalue weighted by Gasteiger charge is 2.31. The Morgan fingerprint density at radius 1 is 1.08 bits per heavy atom. The first-order valence-electron chi connectivity index (χ1n) is 8.94. The second-order valence-corrected chi connectivity index (χ2v) is 6.77. The summed E-state index contributed by atoms with van der Waals surface area (Å²) in [6.45, 7) is 0.114. The number of ether oxygens (including phenoxy) is 1. The molecule has 1 aromatic rings. The highest BCUT2D eigenvalue weighted by atomic mass is 16.5. The van der Waals surface area contributed by atoms with Crippen molar-refractivity contribution in [3.05, 3.63) is 34.9 Å². The molecule has 1 aromatic carbocycles. The van der Waals surface area contributed by atoms with Gasteiger partial charge in [0.2, 0.25) is 5.91 Å². The molecule has 0 spiro atoms. The predicted molar refractivity (Wildman–Crippen MR) is 91.9 cm³/mol. The van der Waals surface area contributed by atoms with Gasteiger partial charge in [-0.2, -0.15) is 0 Å². The zero-order valence-corrected chi connectivity index (χ0v) is 14.3. The number of hydrogen-bond acceptors (Lipinski definition) is 4. The fourth-order valence-corrected chi connectivity index (χ4v) is 3.68. The summed E-state index contributed by atoms with van der Waals surface area (Å²) in [5, 5.41) is 0.